The molecule has 0 radical (unpaired) electrons. The number of halogens is 1. The summed E-state index contributed by atoms with van der Waals surface area (Å²) in [7, 11) is 2.01. The first-order valence-corrected chi connectivity index (χ1v) is 4.34. The van der Waals surface area contributed by atoms with Crippen molar-refractivity contribution in [2.45, 2.75) is 19.6 Å². The van der Waals surface area contributed by atoms with Gasteiger partial charge in [0, 0.05) is 6.42 Å². The number of hydrogen-bond acceptors (Lipinski definition) is 1. The summed E-state index contributed by atoms with van der Waals surface area (Å²) in [5, 5.41) is 9.72. The van der Waals surface area contributed by atoms with Crippen LogP contribution in [-0.2, 0) is 0 Å². The van der Waals surface area contributed by atoms with E-state index < -0.39 is 0 Å². The average Bonchev–Trinajstić information content (AvgIpc) is 2.04. The molecular weight excluding hydrogens is 186 g/mol. The number of aliphatic hydroxyl groups is 1. The molecule has 0 bridgehead atoms. The van der Waals surface area contributed by atoms with Gasteiger partial charge in [-0.1, -0.05) is 20.1 Å². The first kappa shape index (κ1) is 15.2. The standard InChI is InChI=1S/C10H20NO.ClH/c1-5-8-11(4,9-6-2)10(12)7-3;/h5-6,10,12H,1-2,7-9H2,3-4H3;1H/q+1;/p-1. The smallest absolute Gasteiger partial charge is 0.190 e. The summed E-state index contributed by atoms with van der Waals surface area (Å²) in [6.07, 6.45) is 4.11. The second kappa shape index (κ2) is 7.13. The Bertz CT molecular complexity index is 149. The molecule has 2 nitrogen and oxygen atoms in total. The maximum absolute atomic E-state index is 9.72. The number of nitrogens with zero attached hydrogens (tertiary/aromatic N) is 1. The van der Waals surface area contributed by atoms with Crippen molar-refractivity contribution in [3.8, 4) is 0 Å². The molecule has 0 heterocycles. The van der Waals surface area contributed by atoms with Gasteiger partial charge in [-0.15, -0.1) is 0 Å². The predicted molar refractivity (Wildman–Crippen MR) is 52.6 cm³/mol. The molecule has 0 saturated heterocycles. The molecule has 0 fully saturated rings. The molecule has 0 aliphatic carbocycles. The van der Waals surface area contributed by atoms with Crippen molar-refractivity contribution in [3.05, 3.63) is 25.3 Å². The van der Waals surface area contributed by atoms with Gasteiger partial charge in [0.25, 0.3) is 0 Å². The van der Waals surface area contributed by atoms with Crippen LogP contribution in [0.3, 0.4) is 0 Å². The fourth-order valence-electron chi connectivity index (χ4n) is 1.35. The summed E-state index contributed by atoms with van der Waals surface area (Å²) in [5.41, 5.74) is 0. The van der Waals surface area contributed by atoms with E-state index in [-0.39, 0.29) is 18.6 Å². The van der Waals surface area contributed by atoms with Gasteiger partial charge < -0.3 is 17.5 Å². The molecule has 1 unspecified atom stereocenters. The van der Waals surface area contributed by atoms with Gasteiger partial charge in [-0.25, -0.2) is 0 Å². The first-order valence-electron chi connectivity index (χ1n) is 4.34. The van der Waals surface area contributed by atoms with Crippen LogP contribution in [0, 0.1) is 0 Å². The first-order chi connectivity index (χ1) is 5.60. The summed E-state index contributed by atoms with van der Waals surface area (Å²) in [5.74, 6) is 0. The Morgan fingerprint density at radius 1 is 1.31 bits per heavy atom. The molecule has 0 amide bonds. The third-order valence-electron chi connectivity index (χ3n) is 2.18. The van der Waals surface area contributed by atoms with Crippen LogP contribution in [0.25, 0.3) is 0 Å². The summed E-state index contributed by atoms with van der Waals surface area (Å²) < 4.78 is 0.587. The van der Waals surface area contributed by atoms with Crippen molar-refractivity contribution in [2.75, 3.05) is 20.1 Å². The van der Waals surface area contributed by atoms with E-state index in [1.54, 1.807) is 0 Å². The number of likely N-dealkylation sites (N-methyl/N-ethyl adjacent to an activating group) is 1. The van der Waals surface area contributed by atoms with Gasteiger partial charge in [0.05, 0.1) is 20.1 Å². The number of rotatable bonds is 6. The Kier molecular flexibility index (Phi) is 8.32. The van der Waals surface area contributed by atoms with Gasteiger partial charge in [-0.3, -0.25) is 4.48 Å². The topological polar surface area (TPSA) is 20.2 Å². The molecule has 3 heteroatoms. The number of hydrogen-bond donors (Lipinski definition) is 1. The monoisotopic (exact) mass is 205 g/mol. The molecule has 0 aromatic carbocycles. The van der Waals surface area contributed by atoms with Crippen LogP contribution in [0.1, 0.15) is 13.3 Å². The molecule has 0 rings (SSSR count). The van der Waals surface area contributed by atoms with E-state index >= 15 is 0 Å². The van der Waals surface area contributed by atoms with E-state index in [2.05, 4.69) is 13.2 Å². The lowest BCUT2D eigenvalue weighted by molar-refractivity contribution is -0.944. The van der Waals surface area contributed by atoms with Crippen molar-refractivity contribution in [1.29, 1.82) is 0 Å². The number of quaternary nitrogens is 1. The van der Waals surface area contributed by atoms with Crippen molar-refractivity contribution in [3.63, 3.8) is 0 Å². The second-order valence-corrected chi connectivity index (χ2v) is 3.31. The summed E-state index contributed by atoms with van der Waals surface area (Å²) in [4.78, 5) is 0. The van der Waals surface area contributed by atoms with E-state index in [0.717, 1.165) is 19.5 Å². The lowest BCUT2D eigenvalue weighted by atomic mass is 10.3. The molecule has 0 saturated carbocycles. The Labute approximate surface area is 87.6 Å². The van der Waals surface area contributed by atoms with Gasteiger partial charge >= 0.3 is 0 Å². The molecule has 0 spiro atoms. The van der Waals surface area contributed by atoms with Crippen molar-refractivity contribution in [2.24, 2.45) is 0 Å². The molecule has 78 valence electrons. The van der Waals surface area contributed by atoms with E-state index in [4.69, 9.17) is 0 Å². The molecule has 0 aliphatic rings. The van der Waals surface area contributed by atoms with E-state index in [1.807, 2.05) is 26.1 Å². The van der Waals surface area contributed by atoms with Gasteiger partial charge in [0.1, 0.15) is 0 Å². The highest BCUT2D eigenvalue weighted by Gasteiger charge is 2.26. The second-order valence-electron chi connectivity index (χ2n) is 3.31. The Balaban J connectivity index is 0. The molecule has 0 aromatic heterocycles. The van der Waals surface area contributed by atoms with Gasteiger partial charge in [0.2, 0.25) is 0 Å². The zero-order valence-corrected chi connectivity index (χ0v) is 9.30. The summed E-state index contributed by atoms with van der Waals surface area (Å²) in [6, 6.07) is 0. The Morgan fingerprint density at radius 3 is 1.92 bits per heavy atom. The molecular formula is C10H20ClNO. The SMILES string of the molecule is C=CC[N+](C)(CC=C)C(O)CC.[Cl-]. The minimum Gasteiger partial charge on any atom is -1.00 e. The fourth-order valence-corrected chi connectivity index (χ4v) is 1.35. The van der Waals surface area contributed by atoms with Gasteiger partial charge in [-0.05, 0) is 12.2 Å². The van der Waals surface area contributed by atoms with Crippen molar-refractivity contribution < 1.29 is 22.0 Å². The molecule has 1 N–H and O–H groups in total. The Morgan fingerprint density at radius 2 is 1.69 bits per heavy atom. The lowest BCUT2D eigenvalue weighted by Gasteiger charge is -2.36. The van der Waals surface area contributed by atoms with Crippen LogP contribution in [0.5, 0.6) is 0 Å². The Hall–Kier alpha value is -0.310. The molecule has 0 aromatic rings. The molecule has 1 atom stereocenters. The zero-order chi connectivity index (χ0) is 9.61. The normalized spacial score (nSPS) is 12.8. The van der Waals surface area contributed by atoms with Crippen LogP contribution >= 0.6 is 0 Å². The average molecular weight is 206 g/mol. The predicted octanol–water partition coefficient (Wildman–Crippen LogP) is -1.46. The largest absolute Gasteiger partial charge is 1.00 e. The van der Waals surface area contributed by atoms with Crippen LogP contribution in [0.15, 0.2) is 25.3 Å². The maximum Gasteiger partial charge on any atom is 0.190 e. The van der Waals surface area contributed by atoms with Crippen molar-refractivity contribution >= 4 is 0 Å². The minimum absolute atomic E-state index is 0. The number of aliphatic hydroxyl groups excluding tert-OH is 1. The van der Waals surface area contributed by atoms with E-state index in [1.165, 1.54) is 0 Å². The third kappa shape index (κ3) is 4.46. The maximum atomic E-state index is 9.72. The highest BCUT2D eigenvalue weighted by atomic mass is 35.5. The highest BCUT2D eigenvalue weighted by Crippen LogP contribution is 2.11. The van der Waals surface area contributed by atoms with E-state index in [9.17, 15) is 5.11 Å². The van der Waals surface area contributed by atoms with Crippen LogP contribution in [0.4, 0.5) is 0 Å². The third-order valence-corrected chi connectivity index (χ3v) is 2.18. The lowest BCUT2D eigenvalue weighted by Crippen LogP contribution is -3.00. The zero-order valence-electron chi connectivity index (χ0n) is 8.54. The van der Waals surface area contributed by atoms with Crippen molar-refractivity contribution in [1.82, 2.24) is 0 Å². The van der Waals surface area contributed by atoms with Gasteiger partial charge in [-0.2, -0.15) is 0 Å². The summed E-state index contributed by atoms with van der Waals surface area (Å²) in [6.45, 7) is 10.9. The molecule has 13 heavy (non-hydrogen) atoms. The van der Waals surface area contributed by atoms with Gasteiger partial charge in [0.15, 0.2) is 6.23 Å². The molecule has 0 aliphatic heterocycles. The van der Waals surface area contributed by atoms with Crippen LogP contribution in [0.2, 0.25) is 0 Å². The highest BCUT2D eigenvalue weighted by molar-refractivity contribution is 4.71. The van der Waals surface area contributed by atoms with Crippen LogP contribution in [-0.4, -0.2) is 36.0 Å². The quantitative estimate of drug-likeness (QED) is 0.319. The minimum atomic E-state index is -0.319. The summed E-state index contributed by atoms with van der Waals surface area (Å²) >= 11 is 0. The van der Waals surface area contributed by atoms with E-state index in [0.29, 0.717) is 4.48 Å². The fraction of sp³-hybridized carbons (Fsp3) is 0.600. The van der Waals surface area contributed by atoms with Crippen LogP contribution < -0.4 is 12.4 Å².